The molecular formula is C7H7N3. The summed E-state index contributed by atoms with van der Waals surface area (Å²) < 4.78 is 1.75. The molecule has 0 amide bonds. The van der Waals surface area contributed by atoms with Crippen LogP contribution in [-0.2, 0) is 0 Å². The maximum atomic E-state index is 4.12. The molecule has 0 unspecified atom stereocenters. The Labute approximate surface area is 58.7 Å². The topological polar surface area (TPSA) is 30.2 Å². The first-order valence-electron chi connectivity index (χ1n) is 3.12. The predicted octanol–water partition coefficient (Wildman–Crippen LogP) is 1.46. The Morgan fingerprint density at radius 2 is 2.50 bits per heavy atom. The van der Waals surface area contributed by atoms with Gasteiger partial charge in [0.1, 0.15) is 0 Å². The fraction of sp³-hybridized carbons (Fsp3) is 0.143. The summed E-state index contributed by atoms with van der Waals surface area (Å²) in [6.07, 6.45) is 4.37. The Hall–Kier alpha value is -1.38. The van der Waals surface area contributed by atoms with Crippen LogP contribution in [0.2, 0.25) is 0 Å². The summed E-state index contributed by atoms with van der Waals surface area (Å²) in [5.41, 5.74) is 0.981. The Bertz CT molecular complexity index is 296. The van der Waals surface area contributed by atoms with Gasteiger partial charge in [-0.3, -0.25) is 0 Å². The minimum absolute atomic E-state index is 0.800. The van der Waals surface area contributed by atoms with E-state index in [0.717, 1.165) is 17.9 Å². The molecule has 1 aliphatic heterocycles. The molecular weight excluding hydrogens is 126 g/mol. The number of hydrogen-bond donors (Lipinski definition) is 0. The minimum Gasteiger partial charge on any atom is -0.241 e. The molecule has 0 bridgehead atoms. The summed E-state index contributed by atoms with van der Waals surface area (Å²) in [5, 5.41) is 4.04. The van der Waals surface area contributed by atoms with E-state index in [-0.39, 0.29) is 0 Å². The van der Waals surface area contributed by atoms with Crippen molar-refractivity contribution in [1.82, 2.24) is 9.78 Å². The van der Waals surface area contributed by atoms with Crippen LogP contribution in [0.3, 0.4) is 0 Å². The Morgan fingerprint density at radius 3 is 3.30 bits per heavy atom. The molecule has 0 radical (unpaired) electrons. The standard InChI is InChI=1S/C7H7N3/c1-6-2-4-8-7-3-5-9-10(6)7/h3-5H,1-2H2. The van der Waals surface area contributed by atoms with E-state index >= 15 is 0 Å². The molecule has 3 nitrogen and oxygen atoms in total. The SMILES string of the molecule is C=C1CC=Nc2ccnn21. The second kappa shape index (κ2) is 1.80. The van der Waals surface area contributed by atoms with Crippen molar-refractivity contribution in [3.05, 3.63) is 18.8 Å². The largest absolute Gasteiger partial charge is 0.241 e. The molecule has 0 saturated carbocycles. The second-order valence-electron chi connectivity index (χ2n) is 2.18. The van der Waals surface area contributed by atoms with Crippen molar-refractivity contribution in [3.8, 4) is 0 Å². The minimum atomic E-state index is 0.800. The van der Waals surface area contributed by atoms with E-state index in [0.29, 0.717) is 0 Å². The first-order chi connectivity index (χ1) is 4.88. The number of allylic oxidation sites excluding steroid dienone is 1. The van der Waals surface area contributed by atoms with E-state index in [2.05, 4.69) is 16.7 Å². The molecule has 0 atom stereocenters. The van der Waals surface area contributed by atoms with Gasteiger partial charge in [0.25, 0.3) is 0 Å². The van der Waals surface area contributed by atoms with E-state index in [1.165, 1.54) is 0 Å². The van der Waals surface area contributed by atoms with Crippen molar-refractivity contribution >= 4 is 17.7 Å². The zero-order valence-corrected chi connectivity index (χ0v) is 5.49. The second-order valence-corrected chi connectivity index (χ2v) is 2.18. The van der Waals surface area contributed by atoms with E-state index in [9.17, 15) is 0 Å². The number of aliphatic imine (C=N–C) groups is 1. The molecule has 0 fully saturated rings. The van der Waals surface area contributed by atoms with Crippen LogP contribution in [-0.4, -0.2) is 16.0 Å². The molecule has 2 rings (SSSR count). The Balaban J connectivity index is 2.62. The number of rotatable bonds is 0. The van der Waals surface area contributed by atoms with Gasteiger partial charge in [0.2, 0.25) is 0 Å². The van der Waals surface area contributed by atoms with E-state index < -0.39 is 0 Å². The normalized spacial score (nSPS) is 15.4. The van der Waals surface area contributed by atoms with Crippen LogP contribution in [0.4, 0.5) is 5.82 Å². The zero-order chi connectivity index (χ0) is 6.97. The van der Waals surface area contributed by atoms with Crippen LogP contribution in [0, 0.1) is 0 Å². The quantitative estimate of drug-likeness (QED) is 0.527. The highest BCUT2D eigenvalue weighted by atomic mass is 15.3. The molecule has 0 aliphatic carbocycles. The van der Waals surface area contributed by atoms with Gasteiger partial charge >= 0.3 is 0 Å². The molecule has 1 aromatic heterocycles. The third kappa shape index (κ3) is 0.603. The van der Waals surface area contributed by atoms with Crippen LogP contribution in [0.1, 0.15) is 6.42 Å². The van der Waals surface area contributed by atoms with Gasteiger partial charge in [-0.05, 0) is 0 Å². The van der Waals surface area contributed by atoms with E-state index in [4.69, 9.17) is 0 Å². The van der Waals surface area contributed by atoms with Crippen LogP contribution in [0.25, 0.3) is 5.70 Å². The van der Waals surface area contributed by atoms with E-state index in [1.54, 1.807) is 10.9 Å². The summed E-state index contributed by atoms with van der Waals surface area (Å²) in [6, 6.07) is 1.86. The zero-order valence-electron chi connectivity index (χ0n) is 5.49. The number of hydrogen-bond acceptors (Lipinski definition) is 2. The van der Waals surface area contributed by atoms with Crippen LogP contribution in [0.15, 0.2) is 23.8 Å². The third-order valence-electron chi connectivity index (χ3n) is 1.47. The fourth-order valence-corrected chi connectivity index (χ4v) is 0.969. The van der Waals surface area contributed by atoms with Crippen LogP contribution < -0.4 is 0 Å². The first-order valence-corrected chi connectivity index (χ1v) is 3.12. The molecule has 1 aliphatic rings. The van der Waals surface area contributed by atoms with Gasteiger partial charge in [-0.25, -0.2) is 9.67 Å². The lowest BCUT2D eigenvalue weighted by Gasteiger charge is -2.08. The van der Waals surface area contributed by atoms with Crippen molar-refractivity contribution in [1.29, 1.82) is 0 Å². The highest BCUT2D eigenvalue weighted by Crippen LogP contribution is 2.20. The van der Waals surface area contributed by atoms with Gasteiger partial charge in [0.15, 0.2) is 5.82 Å². The van der Waals surface area contributed by atoms with Crippen molar-refractivity contribution in [2.45, 2.75) is 6.42 Å². The molecule has 0 aromatic carbocycles. The van der Waals surface area contributed by atoms with Gasteiger partial charge in [-0.1, -0.05) is 6.58 Å². The molecule has 2 heterocycles. The van der Waals surface area contributed by atoms with Crippen molar-refractivity contribution in [3.63, 3.8) is 0 Å². The summed E-state index contributed by atoms with van der Waals surface area (Å²) >= 11 is 0. The smallest absolute Gasteiger partial charge is 0.154 e. The molecule has 0 saturated heterocycles. The number of aromatic nitrogens is 2. The maximum absolute atomic E-state index is 4.12. The van der Waals surface area contributed by atoms with Crippen LogP contribution >= 0.6 is 0 Å². The highest BCUT2D eigenvalue weighted by molar-refractivity contribution is 5.76. The van der Waals surface area contributed by atoms with Crippen molar-refractivity contribution < 1.29 is 0 Å². The van der Waals surface area contributed by atoms with Gasteiger partial charge in [-0.2, -0.15) is 5.10 Å². The lowest BCUT2D eigenvalue weighted by Crippen LogP contribution is -2.01. The maximum Gasteiger partial charge on any atom is 0.154 e. The molecule has 1 aromatic rings. The summed E-state index contributed by atoms with van der Waals surface area (Å²) in [6.45, 7) is 3.84. The predicted molar refractivity (Wildman–Crippen MR) is 40.3 cm³/mol. The average Bonchev–Trinajstić information content (AvgIpc) is 2.36. The fourth-order valence-electron chi connectivity index (χ4n) is 0.969. The molecule has 10 heavy (non-hydrogen) atoms. The van der Waals surface area contributed by atoms with Crippen molar-refractivity contribution in [2.75, 3.05) is 0 Å². The first kappa shape index (κ1) is 5.41. The number of fused-ring (bicyclic) bond motifs is 1. The monoisotopic (exact) mass is 133 g/mol. The molecule has 50 valence electrons. The summed E-state index contributed by atoms with van der Waals surface area (Å²) in [4.78, 5) is 4.12. The third-order valence-corrected chi connectivity index (χ3v) is 1.47. The summed E-state index contributed by atoms with van der Waals surface area (Å²) in [7, 11) is 0. The number of nitrogens with zero attached hydrogens (tertiary/aromatic N) is 3. The lowest BCUT2D eigenvalue weighted by molar-refractivity contribution is 0.877. The van der Waals surface area contributed by atoms with Crippen LogP contribution in [0.5, 0.6) is 0 Å². The highest BCUT2D eigenvalue weighted by Gasteiger charge is 2.06. The molecule has 0 spiro atoms. The van der Waals surface area contributed by atoms with Gasteiger partial charge in [0, 0.05) is 24.4 Å². The van der Waals surface area contributed by atoms with Crippen molar-refractivity contribution in [2.24, 2.45) is 4.99 Å². The Morgan fingerprint density at radius 1 is 1.60 bits per heavy atom. The van der Waals surface area contributed by atoms with Gasteiger partial charge in [-0.15, -0.1) is 0 Å². The summed E-state index contributed by atoms with van der Waals surface area (Å²) in [5.74, 6) is 0.872. The Kier molecular flexibility index (Phi) is 0.974. The molecule has 3 heteroatoms. The lowest BCUT2D eigenvalue weighted by atomic mass is 10.3. The van der Waals surface area contributed by atoms with E-state index in [1.807, 2.05) is 12.3 Å². The van der Waals surface area contributed by atoms with Gasteiger partial charge in [0.05, 0.1) is 6.20 Å². The molecule has 0 N–H and O–H groups in total. The van der Waals surface area contributed by atoms with Gasteiger partial charge < -0.3 is 0 Å². The average molecular weight is 133 g/mol.